The van der Waals surface area contributed by atoms with E-state index in [0.717, 1.165) is 22.4 Å². The Morgan fingerprint density at radius 1 is 1.12 bits per heavy atom. The summed E-state index contributed by atoms with van der Waals surface area (Å²) in [5.74, 6) is 0.353. The van der Waals surface area contributed by atoms with E-state index in [1.807, 2.05) is 46.8 Å². The Hall–Kier alpha value is -2.70. The number of hydrogen-bond acceptors (Lipinski definition) is 4. The zero-order valence-electron chi connectivity index (χ0n) is 16.1. The molecule has 140 valence electrons. The van der Waals surface area contributed by atoms with Crippen molar-refractivity contribution in [2.75, 3.05) is 5.32 Å². The molecule has 2 N–H and O–H groups in total. The van der Waals surface area contributed by atoms with Crippen molar-refractivity contribution >= 4 is 17.5 Å². The van der Waals surface area contributed by atoms with Crippen LogP contribution < -0.4 is 10.6 Å². The van der Waals surface area contributed by atoms with Gasteiger partial charge in [-0.3, -0.25) is 9.59 Å². The molecule has 0 aliphatic rings. The van der Waals surface area contributed by atoms with Crippen LogP contribution in [-0.2, 0) is 16.1 Å². The van der Waals surface area contributed by atoms with Gasteiger partial charge in [-0.2, -0.15) is 5.10 Å². The molecule has 0 spiro atoms. The molecule has 26 heavy (non-hydrogen) atoms. The molecule has 0 saturated carbocycles. The van der Waals surface area contributed by atoms with Crippen molar-refractivity contribution in [3.05, 3.63) is 41.0 Å². The zero-order valence-corrected chi connectivity index (χ0v) is 16.1. The van der Waals surface area contributed by atoms with Crippen LogP contribution in [0.4, 0.5) is 5.69 Å². The number of amides is 2. The van der Waals surface area contributed by atoms with Crippen LogP contribution in [-0.4, -0.2) is 26.6 Å². The van der Waals surface area contributed by atoms with Gasteiger partial charge in [-0.15, -0.1) is 0 Å². The third-order valence-electron chi connectivity index (χ3n) is 4.23. The number of rotatable bonds is 7. The van der Waals surface area contributed by atoms with E-state index in [9.17, 15) is 9.59 Å². The molecule has 0 fully saturated rings. The zero-order chi connectivity index (χ0) is 19.3. The van der Waals surface area contributed by atoms with Gasteiger partial charge in [-0.05, 0) is 45.7 Å². The van der Waals surface area contributed by atoms with Gasteiger partial charge in [0.05, 0.1) is 6.04 Å². The molecule has 0 aliphatic carbocycles. The van der Waals surface area contributed by atoms with E-state index >= 15 is 0 Å². The minimum atomic E-state index is -0.255. The van der Waals surface area contributed by atoms with Gasteiger partial charge in [-0.1, -0.05) is 17.7 Å². The van der Waals surface area contributed by atoms with E-state index in [2.05, 4.69) is 20.7 Å². The third kappa shape index (κ3) is 4.91. The van der Waals surface area contributed by atoms with Gasteiger partial charge < -0.3 is 10.6 Å². The maximum absolute atomic E-state index is 12.2. The van der Waals surface area contributed by atoms with Gasteiger partial charge >= 0.3 is 0 Å². The van der Waals surface area contributed by atoms with Crippen LogP contribution in [0.15, 0.2) is 18.5 Å². The van der Waals surface area contributed by atoms with Gasteiger partial charge in [0, 0.05) is 25.1 Å². The van der Waals surface area contributed by atoms with Crippen molar-refractivity contribution in [2.24, 2.45) is 0 Å². The molecule has 1 aromatic carbocycles. The number of aromatic nitrogens is 3. The number of hydrogen-bond donors (Lipinski definition) is 2. The summed E-state index contributed by atoms with van der Waals surface area (Å²) in [6.07, 6.45) is 1.73. The molecule has 7 nitrogen and oxygen atoms in total. The summed E-state index contributed by atoms with van der Waals surface area (Å²) in [5, 5.41) is 9.88. The molecule has 1 aromatic heterocycles. The van der Waals surface area contributed by atoms with E-state index < -0.39 is 0 Å². The van der Waals surface area contributed by atoms with Crippen LogP contribution >= 0.6 is 0 Å². The molecule has 1 heterocycles. The normalized spacial score (nSPS) is 11.9. The standard InChI is InChI=1S/C19H27N5O2/c1-6-24-19(20-11-21-24)15(5)22-16(25)7-8-17(26)23-18-13(3)9-12(2)10-14(18)4/h9-11,15H,6-8H2,1-5H3,(H,22,25)(H,23,26)/t15-/m1/s1. The number of nitrogens with one attached hydrogen (secondary N) is 2. The first kappa shape index (κ1) is 19.6. The first-order chi connectivity index (χ1) is 12.3. The van der Waals surface area contributed by atoms with Crippen molar-refractivity contribution in [1.82, 2.24) is 20.1 Å². The Morgan fingerprint density at radius 3 is 2.35 bits per heavy atom. The summed E-state index contributed by atoms with van der Waals surface area (Å²) in [7, 11) is 0. The van der Waals surface area contributed by atoms with Gasteiger partial charge in [-0.25, -0.2) is 9.67 Å². The average molecular weight is 357 g/mol. The van der Waals surface area contributed by atoms with Gasteiger partial charge in [0.25, 0.3) is 0 Å². The minimum Gasteiger partial charge on any atom is -0.346 e. The molecule has 2 amide bonds. The van der Waals surface area contributed by atoms with E-state index in [-0.39, 0.29) is 30.7 Å². The predicted octanol–water partition coefficient (Wildman–Crippen LogP) is 2.82. The van der Waals surface area contributed by atoms with Crippen molar-refractivity contribution in [2.45, 2.75) is 60.0 Å². The highest BCUT2D eigenvalue weighted by Gasteiger charge is 2.16. The SMILES string of the molecule is CCn1ncnc1[C@@H](C)NC(=O)CCC(=O)Nc1c(C)cc(C)cc1C. The summed E-state index contributed by atoms with van der Waals surface area (Å²) in [6.45, 7) is 10.5. The highest BCUT2D eigenvalue weighted by molar-refractivity contribution is 5.94. The second-order valence-electron chi connectivity index (χ2n) is 6.55. The van der Waals surface area contributed by atoms with Crippen molar-refractivity contribution in [1.29, 1.82) is 0 Å². The smallest absolute Gasteiger partial charge is 0.224 e. The molecule has 0 aliphatic heterocycles. The highest BCUT2D eigenvalue weighted by atomic mass is 16.2. The monoisotopic (exact) mass is 357 g/mol. The largest absolute Gasteiger partial charge is 0.346 e. The predicted molar refractivity (Wildman–Crippen MR) is 101 cm³/mol. The Labute approximate surface area is 154 Å². The fraction of sp³-hybridized carbons (Fsp3) is 0.474. The Morgan fingerprint density at radius 2 is 1.73 bits per heavy atom. The molecule has 0 saturated heterocycles. The molecule has 2 rings (SSSR count). The average Bonchev–Trinajstić information content (AvgIpc) is 3.05. The molecule has 0 unspecified atom stereocenters. The van der Waals surface area contributed by atoms with Crippen molar-refractivity contribution < 1.29 is 9.59 Å². The fourth-order valence-corrected chi connectivity index (χ4v) is 3.04. The maximum atomic E-state index is 12.2. The van der Waals surface area contributed by atoms with Crippen molar-refractivity contribution in [3.8, 4) is 0 Å². The van der Waals surface area contributed by atoms with E-state index in [0.29, 0.717) is 12.4 Å². The summed E-state index contributed by atoms with van der Waals surface area (Å²) < 4.78 is 1.74. The third-order valence-corrected chi connectivity index (χ3v) is 4.23. The second kappa shape index (κ2) is 8.60. The molecule has 2 aromatic rings. The summed E-state index contributed by atoms with van der Waals surface area (Å²) in [5.41, 5.74) is 4.03. The number of carbonyl (C=O) groups is 2. The lowest BCUT2D eigenvalue weighted by molar-refractivity contribution is -0.124. The van der Waals surface area contributed by atoms with Crippen LogP contribution in [0.25, 0.3) is 0 Å². The van der Waals surface area contributed by atoms with Gasteiger partial charge in [0.2, 0.25) is 11.8 Å². The second-order valence-corrected chi connectivity index (χ2v) is 6.55. The molecule has 7 heteroatoms. The van der Waals surface area contributed by atoms with Crippen LogP contribution in [0.1, 0.15) is 55.2 Å². The van der Waals surface area contributed by atoms with E-state index in [1.165, 1.54) is 6.33 Å². The summed E-state index contributed by atoms with van der Waals surface area (Å²) in [4.78, 5) is 28.5. The fourth-order valence-electron chi connectivity index (χ4n) is 3.04. The van der Waals surface area contributed by atoms with Crippen LogP contribution in [0.3, 0.4) is 0 Å². The maximum Gasteiger partial charge on any atom is 0.224 e. The molecule has 0 radical (unpaired) electrons. The Balaban J connectivity index is 1.86. The van der Waals surface area contributed by atoms with Crippen LogP contribution in [0.2, 0.25) is 0 Å². The summed E-state index contributed by atoms with van der Waals surface area (Å²) in [6, 6.07) is 3.80. The van der Waals surface area contributed by atoms with Gasteiger partial charge in [0.15, 0.2) is 0 Å². The minimum absolute atomic E-state index is 0.125. The topological polar surface area (TPSA) is 88.9 Å². The van der Waals surface area contributed by atoms with Crippen LogP contribution in [0.5, 0.6) is 0 Å². The lowest BCUT2D eigenvalue weighted by Gasteiger charge is -2.15. The molecule has 1 atom stereocenters. The number of anilines is 1. The van der Waals surface area contributed by atoms with Gasteiger partial charge in [0.1, 0.15) is 12.2 Å². The first-order valence-corrected chi connectivity index (χ1v) is 8.86. The number of carbonyl (C=O) groups excluding carboxylic acids is 2. The van der Waals surface area contributed by atoms with E-state index in [4.69, 9.17) is 0 Å². The Bertz CT molecular complexity index is 774. The number of aryl methyl sites for hydroxylation is 4. The number of benzene rings is 1. The highest BCUT2D eigenvalue weighted by Crippen LogP contribution is 2.22. The quantitative estimate of drug-likeness (QED) is 0.797. The molecule has 0 bridgehead atoms. The first-order valence-electron chi connectivity index (χ1n) is 8.86. The molecular formula is C19H27N5O2. The molecular weight excluding hydrogens is 330 g/mol. The van der Waals surface area contributed by atoms with Crippen molar-refractivity contribution in [3.63, 3.8) is 0 Å². The Kier molecular flexibility index (Phi) is 6.49. The lowest BCUT2D eigenvalue weighted by atomic mass is 10.0. The van der Waals surface area contributed by atoms with E-state index in [1.54, 1.807) is 4.68 Å². The number of nitrogens with zero attached hydrogens (tertiary/aromatic N) is 3. The van der Waals surface area contributed by atoms with Crippen LogP contribution in [0, 0.1) is 20.8 Å². The lowest BCUT2D eigenvalue weighted by Crippen LogP contribution is -2.29. The summed E-state index contributed by atoms with van der Waals surface area (Å²) >= 11 is 0.